The van der Waals surface area contributed by atoms with Crippen molar-refractivity contribution in [1.29, 1.82) is 0 Å². The third kappa shape index (κ3) is 2.76. The molecule has 0 radical (unpaired) electrons. The zero-order chi connectivity index (χ0) is 17.4. The second-order valence-electron chi connectivity index (χ2n) is 5.95. The minimum absolute atomic E-state index is 0.0750. The summed E-state index contributed by atoms with van der Waals surface area (Å²) in [7, 11) is 0. The van der Waals surface area contributed by atoms with E-state index < -0.39 is 17.1 Å². The molecule has 1 aliphatic carbocycles. The molecule has 24 heavy (non-hydrogen) atoms. The molecule has 1 aliphatic rings. The Hall–Kier alpha value is -2.74. The van der Waals surface area contributed by atoms with E-state index >= 15 is 0 Å². The van der Waals surface area contributed by atoms with Crippen LogP contribution in [-0.4, -0.2) is 31.8 Å². The minimum atomic E-state index is -0.679. The second kappa shape index (κ2) is 6.04. The third-order valence-corrected chi connectivity index (χ3v) is 4.34. The molecule has 126 valence electrons. The third-order valence-electron chi connectivity index (χ3n) is 4.34. The van der Waals surface area contributed by atoms with Gasteiger partial charge in [-0.15, -0.1) is 0 Å². The molecule has 0 aliphatic heterocycles. The molecule has 8 nitrogen and oxygen atoms in total. The molecule has 1 heterocycles. The molecule has 0 saturated carbocycles. The van der Waals surface area contributed by atoms with Crippen LogP contribution in [0.4, 0.5) is 5.69 Å². The Labute approximate surface area is 138 Å². The van der Waals surface area contributed by atoms with Gasteiger partial charge in [0.1, 0.15) is 17.9 Å². The summed E-state index contributed by atoms with van der Waals surface area (Å²) in [4.78, 5) is 22.8. The van der Waals surface area contributed by atoms with Crippen LogP contribution in [0.25, 0.3) is 0 Å². The fraction of sp³-hybridized carbons (Fsp3) is 0.375. The number of benzene rings is 1. The SMILES string of the molecule is Cc1nn(CC(=O)NC2c3ccccc3CC2O)c(C)c1[N+](=O)[O-]. The van der Waals surface area contributed by atoms with Crippen molar-refractivity contribution in [3.05, 3.63) is 56.9 Å². The molecule has 8 heteroatoms. The molecule has 3 rings (SSSR count). The van der Waals surface area contributed by atoms with Gasteiger partial charge in [0.25, 0.3) is 0 Å². The summed E-state index contributed by atoms with van der Waals surface area (Å²) in [6, 6.07) is 7.09. The first-order valence-electron chi connectivity index (χ1n) is 7.62. The number of aromatic nitrogens is 2. The van der Waals surface area contributed by atoms with E-state index in [1.807, 2.05) is 24.3 Å². The van der Waals surface area contributed by atoms with Crippen LogP contribution in [0.5, 0.6) is 0 Å². The van der Waals surface area contributed by atoms with Gasteiger partial charge in [0.15, 0.2) is 0 Å². The summed E-state index contributed by atoms with van der Waals surface area (Å²) in [6.07, 6.45) is -0.187. The average Bonchev–Trinajstić information content (AvgIpc) is 2.96. The highest BCUT2D eigenvalue weighted by atomic mass is 16.6. The van der Waals surface area contributed by atoms with Crippen molar-refractivity contribution in [2.75, 3.05) is 0 Å². The van der Waals surface area contributed by atoms with E-state index in [-0.39, 0.29) is 23.8 Å². The largest absolute Gasteiger partial charge is 0.390 e. The molecule has 2 atom stereocenters. The van der Waals surface area contributed by atoms with Crippen LogP contribution in [0.1, 0.15) is 28.6 Å². The van der Waals surface area contributed by atoms with E-state index in [0.29, 0.717) is 12.1 Å². The average molecular weight is 330 g/mol. The Morgan fingerprint density at radius 1 is 1.46 bits per heavy atom. The molecule has 0 saturated heterocycles. The molecule has 1 aromatic carbocycles. The van der Waals surface area contributed by atoms with E-state index in [1.54, 1.807) is 6.92 Å². The fourth-order valence-electron chi connectivity index (χ4n) is 3.21. The van der Waals surface area contributed by atoms with Crippen LogP contribution in [0.3, 0.4) is 0 Å². The predicted molar refractivity (Wildman–Crippen MR) is 85.4 cm³/mol. The number of rotatable bonds is 4. The maximum absolute atomic E-state index is 12.3. The topological polar surface area (TPSA) is 110 Å². The zero-order valence-corrected chi connectivity index (χ0v) is 13.4. The van der Waals surface area contributed by atoms with Gasteiger partial charge < -0.3 is 10.4 Å². The maximum Gasteiger partial charge on any atom is 0.312 e. The number of amides is 1. The summed E-state index contributed by atoms with van der Waals surface area (Å²) in [5.74, 6) is -0.351. The lowest BCUT2D eigenvalue weighted by Gasteiger charge is -2.18. The number of hydrogen-bond acceptors (Lipinski definition) is 5. The zero-order valence-electron chi connectivity index (χ0n) is 13.4. The number of hydrogen-bond donors (Lipinski definition) is 2. The highest BCUT2D eigenvalue weighted by Crippen LogP contribution is 2.31. The number of carbonyl (C=O) groups excluding carboxylic acids is 1. The van der Waals surface area contributed by atoms with Gasteiger partial charge >= 0.3 is 5.69 Å². The van der Waals surface area contributed by atoms with Crippen molar-refractivity contribution in [3.63, 3.8) is 0 Å². The quantitative estimate of drug-likeness (QED) is 0.646. The van der Waals surface area contributed by atoms with Crippen LogP contribution in [0.2, 0.25) is 0 Å². The molecular weight excluding hydrogens is 312 g/mol. The Bertz CT molecular complexity index is 814. The van der Waals surface area contributed by atoms with Gasteiger partial charge in [0, 0.05) is 6.42 Å². The maximum atomic E-state index is 12.3. The van der Waals surface area contributed by atoms with Crippen molar-refractivity contribution in [2.45, 2.75) is 39.0 Å². The number of nitrogens with one attached hydrogen (secondary N) is 1. The molecule has 1 aromatic heterocycles. The number of aliphatic hydroxyl groups excluding tert-OH is 1. The highest BCUT2D eigenvalue weighted by molar-refractivity contribution is 5.76. The lowest BCUT2D eigenvalue weighted by molar-refractivity contribution is -0.386. The Kier molecular flexibility index (Phi) is 4.06. The Morgan fingerprint density at radius 3 is 2.83 bits per heavy atom. The van der Waals surface area contributed by atoms with Gasteiger partial charge in [0.05, 0.1) is 17.1 Å². The monoisotopic (exact) mass is 330 g/mol. The highest BCUT2D eigenvalue weighted by Gasteiger charge is 2.32. The molecule has 2 aromatic rings. The van der Waals surface area contributed by atoms with E-state index in [1.165, 1.54) is 11.6 Å². The summed E-state index contributed by atoms with van der Waals surface area (Å²) in [6.45, 7) is 2.97. The number of fused-ring (bicyclic) bond motifs is 1. The van der Waals surface area contributed by atoms with Gasteiger partial charge in [-0.25, -0.2) is 0 Å². The van der Waals surface area contributed by atoms with Crippen LogP contribution < -0.4 is 5.32 Å². The molecule has 0 bridgehead atoms. The van der Waals surface area contributed by atoms with E-state index in [0.717, 1.165) is 11.1 Å². The number of nitro groups is 1. The normalized spacial score (nSPS) is 19.1. The Morgan fingerprint density at radius 2 is 2.17 bits per heavy atom. The smallest absolute Gasteiger partial charge is 0.312 e. The van der Waals surface area contributed by atoms with Crippen molar-refractivity contribution in [1.82, 2.24) is 15.1 Å². The number of carbonyl (C=O) groups is 1. The van der Waals surface area contributed by atoms with Gasteiger partial charge in [-0.3, -0.25) is 19.6 Å². The number of aryl methyl sites for hydroxylation is 1. The molecule has 2 N–H and O–H groups in total. The van der Waals surface area contributed by atoms with Gasteiger partial charge in [-0.1, -0.05) is 24.3 Å². The van der Waals surface area contributed by atoms with Crippen molar-refractivity contribution in [3.8, 4) is 0 Å². The minimum Gasteiger partial charge on any atom is -0.390 e. The van der Waals surface area contributed by atoms with E-state index in [2.05, 4.69) is 10.4 Å². The van der Waals surface area contributed by atoms with Gasteiger partial charge in [-0.05, 0) is 25.0 Å². The fourth-order valence-corrected chi connectivity index (χ4v) is 3.21. The summed E-state index contributed by atoms with van der Waals surface area (Å²) >= 11 is 0. The lowest BCUT2D eigenvalue weighted by atomic mass is 10.1. The summed E-state index contributed by atoms with van der Waals surface area (Å²) in [5.41, 5.74) is 2.44. The standard InChI is InChI=1S/C16H18N4O4/c1-9-16(20(23)24)10(2)19(18-9)8-14(22)17-15-12-6-4-3-5-11(12)7-13(15)21/h3-6,13,15,21H,7-8H2,1-2H3,(H,17,22). The predicted octanol–water partition coefficient (Wildman–Crippen LogP) is 1.18. The van der Waals surface area contributed by atoms with E-state index in [9.17, 15) is 20.0 Å². The van der Waals surface area contributed by atoms with Gasteiger partial charge in [0.2, 0.25) is 5.91 Å². The van der Waals surface area contributed by atoms with Gasteiger partial charge in [-0.2, -0.15) is 5.10 Å². The molecule has 0 fully saturated rings. The molecule has 2 unspecified atom stereocenters. The van der Waals surface area contributed by atoms with Crippen LogP contribution in [0, 0.1) is 24.0 Å². The second-order valence-corrected chi connectivity index (χ2v) is 5.95. The molecule has 0 spiro atoms. The van der Waals surface area contributed by atoms with Crippen LogP contribution in [0.15, 0.2) is 24.3 Å². The lowest BCUT2D eigenvalue weighted by Crippen LogP contribution is -2.36. The summed E-state index contributed by atoms with van der Waals surface area (Å²) in [5, 5.41) is 28.1. The van der Waals surface area contributed by atoms with E-state index in [4.69, 9.17) is 0 Å². The van der Waals surface area contributed by atoms with Crippen molar-refractivity contribution < 1.29 is 14.8 Å². The van der Waals surface area contributed by atoms with Crippen molar-refractivity contribution in [2.24, 2.45) is 0 Å². The first-order valence-corrected chi connectivity index (χ1v) is 7.62. The molecular formula is C16H18N4O4. The number of aliphatic hydroxyl groups is 1. The first kappa shape index (κ1) is 16.1. The van der Waals surface area contributed by atoms with Crippen LogP contribution in [-0.2, 0) is 17.8 Å². The first-order chi connectivity index (χ1) is 11.4. The molecule has 1 amide bonds. The number of nitrogens with zero attached hydrogens (tertiary/aromatic N) is 3. The summed E-state index contributed by atoms with van der Waals surface area (Å²) < 4.78 is 1.32. The van der Waals surface area contributed by atoms with Crippen molar-refractivity contribution >= 4 is 11.6 Å². The Balaban J connectivity index is 1.75. The van der Waals surface area contributed by atoms with Crippen LogP contribution >= 0.6 is 0 Å².